The van der Waals surface area contributed by atoms with Gasteiger partial charge in [-0.3, -0.25) is 4.79 Å². The minimum Gasteiger partial charge on any atom is -0.494 e. The number of rotatable bonds is 5. The van der Waals surface area contributed by atoms with Crippen molar-refractivity contribution >= 4 is 17.0 Å². The predicted octanol–water partition coefficient (Wildman–Crippen LogP) is 5.03. The number of aryl methyl sites for hydroxylation is 1. The number of carbonyl (C=O) groups excluding carboxylic acids is 1. The Bertz CT molecular complexity index is 1020. The summed E-state index contributed by atoms with van der Waals surface area (Å²) in [5.74, 6) is 1.06. The number of carbonyl (C=O) groups is 1. The molecule has 1 atom stereocenters. The van der Waals surface area contributed by atoms with Crippen molar-refractivity contribution in [2.75, 3.05) is 13.2 Å². The molecule has 6 nitrogen and oxygen atoms in total. The van der Waals surface area contributed by atoms with Crippen LogP contribution in [0.1, 0.15) is 72.9 Å². The molecular formula is C23H27N3O3. The Morgan fingerprint density at radius 2 is 2.07 bits per heavy atom. The summed E-state index contributed by atoms with van der Waals surface area (Å²) < 4.78 is 10.9. The molecule has 1 amide bonds. The number of aromatic nitrogens is 2. The number of hydrogen-bond acceptors (Lipinski definition) is 5. The lowest BCUT2D eigenvalue weighted by atomic mass is 10.0. The highest BCUT2D eigenvalue weighted by Gasteiger charge is 2.32. The van der Waals surface area contributed by atoms with E-state index in [2.05, 4.69) is 36.1 Å². The smallest absolute Gasteiger partial charge is 0.259 e. The van der Waals surface area contributed by atoms with E-state index in [1.54, 1.807) is 0 Å². The molecule has 0 N–H and O–H groups in total. The summed E-state index contributed by atoms with van der Waals surface area (Å²) in [7, 11) is 0. The average molecular weight is 393 g/mol. The van der Waals surface area contributed by atoms with Crippen LogP contribution in [-0.4, -0.2) is 34.1 Å². The second-order valence-electron chi connectivity index (χ2n) is 7.86. The standard InChI is InChI=1S/C23H27N3O3/c1-5-28-17-10-8-16(9-11-17)20-7-6-12-26(20)23(27)18-13-19(14(2)3)24-22-21(18)15(4)25-29-22/h8-11,13-14,20H,5-7,12H2,1-4H3. The SMILES string of the molecule is CCOc1ccc(C2CCCN2C(=O)c2cc(C(C)C)nc3onc(C)c23)cc1. The van der Waals surface area contributed by atoms with Gasteiger partial charge in [-0.2, -0.15) is 0 Å². The Hall–Kier alpha value is -2.89. The summed E-state index contributed by atoms with van der Waals surface area (Å²) in [5, 5.41) is 4.77. The molecule has 1 saturated heterocycles. The van der Waals surface area contributed by atoms with Gasteiger partial charge < -0.3 is 14.2 Å². The molecule has 1 fully saturated rings. The molecule has 4 rings (SSSR count). The van der Waals surface area contributed by atoms with Gasteiger partial charge in [-0.1, -0.05) is 31.1 Å². The number of nitrogens with zero attached hydrogens (tertiary/aromatic N) is 3. The van der Waals surface area contributed by atoms with E-state index < -0.39 is 0 Å². The van der Waals surface area contributed by atoms with Crippen LogP contribution in [0.15, 0.2) is 34.9 Å². The highest BCUT2D eigenvalue weighted by atomic mass is 16.5. The molecule has 3 heterocycles. The van der Waals surface area contributed by atoms with E-state index >= 15 is 0 Å². The fourth-order valence-electron chi connectivity index (χ4n) is 4.04. The van der Waals surface area contributed by atoms with E-state index in [1.165, 1.54) is 0 Å². The first kappa shape index (κ1) is 19.4. The second-order valence-corrected chi connectivity index (χ2v) is 7.86. The van der Waals surface area contributed by atoms with Gasteiger partial charge in [0.1, 0.15) is 5.75 Å². The third kappa shape index (κ3) is 3.59. The number of benzene rings is 1. The van der Waals surface area contributed by atoms with E-state index in [-0.39, 0.29) is 17.9 Å². The lowest BCUT2D eigenvalue weighted by molar-refractivity contribution is 0.0737. The van der Waals surface area contributed by atoms with Gasteiger partial charge in [-0.15, -0.1) is 0 Å². The summed E-state index contributed by atoms with van der Waals surface area (Å²) in [4.78, 5) is 20.2. The quantitative estimate of drug-likeness (QED) is 0.608. The Morgan fingerprint density at radius 1 is 1.31 bits per heavy atom. The van der Waals surface area contributed by atoms with E-state index in [4.69, 9.17) is 9.26 Å². The third-order valence-corrected chi connectivity index (χ3v) is 5.55. The molecule has 1 aliphatic rings. The Labute approximate surface area is 170 Å². The highest BCUT2D eigenvalue weighted by molar-refractivity contribution is 6.06. The maximum absolute atomic E-state index is 13.6. The topological polar surface area (TPSA) is 68.5 Å². The summed E-state index contributed by atoms with van der Waals surface area (Å²) in [6.07, 6.45) is 1.94. The minimum atomic E-state index is 0.0157. The van der Waals surface area contributed by atoms with Crippen LogP contribution < -0.4 is 4.74 Å². The molecule has 0 aliphatic carbocycles. The average Bonchev–Trinajstić information content (AvgIpc) is 3.35. The number of amides is 1. The monoisotopic (exact) mass is 393 g/mol. The summed E-state index contributed by atoms with van der Waals surface area (Å²) in [6.45, 7) is 9.32. The van der Waals surface area contributed by atoms with Crippen LogP contribution in [0.2, 0.25) is 0 Å². The zero-order chi connectivity index (χ0) is 20.5. The van der Waals surface area contributed by atoms with Crippen LogP contribution in [0, 0.1) is 6.92 Å². The Morgan fingerprint density at radius 3 is 2.76 bits per heavy atom. The van der Waals surface area contributed by atoms with Gasteiger partial charge in [0, 0.05) is 12.2 Å². The molecule has 6 heteroatoms. The van der Waals surface area contributed by atoms with E-state index in [0.29, 0.717) is 23.6 Å². The van der Waals surface area contributed by atoms with Gasteiger partial charge in [0.05, 0.1) is 29.3 Å². The van der Waals surface area contributed by atoms with Gasteiger partial charge in [0.15, 0.2) is 0 Å². The first-order chi connectivity index (χ1) is 14.0. The van der Waals surface area contributed by atoms with Gasteiger partial charge in [0.2, 0.25) is 0 Å². The largest absolute Gasteiger partial charge is 0.494 e. The fourth-order valence-corrected chi connectivity index (χ4v) is 4.04. The molecule has 29 heavy (non-hydrogen) atoms. The lowest BCUT2D eigenvalue weighted by Crippen LogP contribution is -2.31. The van der Waals surface area contributed by atoms with E-state index in [1.807, 2.05) is 36.9 Å². The Balaban J connectivity index is 1.70. The molecule has 0 radical (unpaired) electrons. The number of likely N-dealkylation sites (tertiary alicyclic amines) is 1. The van der Waals surface area contributed by atoms with Crippen molar-refractivity contribution in [2.45, 2.75) is 52.5 Å². The fraction of sp³-hybridized carbons (Fsp3) is 0.435. The molecule has 1 unspecified atom stereocenters. The molecule has 0 saturated carbocycles. The van der Waals surface area contributed by atoms with Crippen LogP contribution in [0.4, 0.5) is 0 Å². The highest BCUT2D eigenvalue weighted by Crippen LogP contribution is 2.35. The number of ether oxygens (including phenoxy) is 1. The van der Waals surface area contributed by atoms with Crippen LogP contribution in [0.25, 0.3) is 11.1 Å². The van der Waals surface area contributed by atoms with E-state index in [9.17, 15) is 4.79 Å². The summed E-state index contributed by atoms with van der Waals surface area (Å²) in [5.41, 5.74) is 3.75. The number of pyridine rings is 1. The molecule has 0 spiro atoms. The molecule has 0 bridgehead atoms. The van der Waals surface area contributed by atoms with Crippen LogP contribution in [-0.2, 0) is 0 Å². The molecule has 3 aromatic rings. The van der Waals surface area contributed by atoms with Gasteiger partial charge in [0.25, 0.3) is 11.6 Å². The van der Waals surface area contributed by atoms with Gasteiger partial charge >= 0.3 is 0 Å². The van der Waals surface area contributed by atoms with Crippen molar-refractivity contribution in [3.05, 3.63) is 52.8 Å². The normalized spacial score (nSPS) is 16.7. The van der Waals surface area contributed by atoms with E-state index in [0.717, 1.165) is 41.8 Å². The zero-order valence-corrected chi connectivity index (χ0v) is 17.4. The van der Waals surface area contributed by atoms with Crippen LogP contribution in [0.5, 0.6) is 5.75 Å². The minimum absolute atomic E-state index is 0.0157. The summed E-state index contributed by atoms with van der Waals surface area (Å²) in [6, 6.07) is 10.1. The molecule has 1 aliphatic heterocycles. The van der Waals surface area contributed by atoms with Gasteiger partial charge in [-0.05, 0) is 56.4 Å². The number of fused-ring (bicyclic) bond motifs is 1. The molecular weight excluding hydrogens is 366 g/mol. The van der Waals surface area contributed by atoms with Crippen molar-refractivity contribution in [2.24, 2.45) is 0 Å². The maximum atomic E-state index is 13.6. The zero-order valence-electron chi connectivity index (χ0n) is 17.4. The molecule has 2 aromatic heterocycles. The van der Waals surface area contributed by atoms with Crippen molar-refractivity contribution in [3.63, 3.8) is 0 Å². The predicted molar refractivity (Wildman–Crippen MR) is 111 cm³/mol. The van der Waals surface area contributed by atoms with Crippen molar-refractivity contribution < 1.29 is 14.1 Å². The summed E-state index contributed by atoms with van der Waals surface area (Å²) >= 11 is 0. The number of hydrogen-bond donors (Lipinski definition) is 0. The molecule has 1 aromatic carbocycles. The first-order valence-corrected chi connectivity index (χ1v) is 10.3. The third-order valence-electron chi connectivity index (χ3n) is 5.55. The first-order valence-electron chi connectivity index (χ1n) is 10.3. The van der Waals surface area contributed by atoms with Crippen molar-refractivity contribution in [3.8, 4) is 5.75 Å². The van der Waals surface area contributed by atoms with Crippen LogP contribution in [0.3, 0.4) is 0 Å². The van der Waals surface area contributed by atoms with Crippen molar-refractivity contribution in [1.82, 2.24) is 15.0 Å². The Kier molecular flexibility index (Phi) is 5.26. The van der Waals surface area contributed by atoms with Crippen molar-refractivity contribution in [1.29, 1.82) is 0 Å². The lowest BCUT2D eigenvalue weighted by Gasteiger charge is -2.26. The second kappa shape index (κ2) is 7.85. The maximum Gasteiger partial charge on any atom is 0.259 e. The van der Waals surface area contributed by atoms with Gasteiger partial charge in [-0.25, -0.2) is 4.98 Å². The van der Waals surface area contributed by atoms with Crippen LogP contribution >= 0.6 is 0 Å². The molecule has 152 valence electrons.